The maximum absolute atomic E-state index is 6.15. The molecule has 2 rings (SSSR count). The summed E-state index contributed by atoms with van der Waals surface area (Å²) in [5.41, 5.74) is 1.19. The van der Waals surface area contributed by atoms with E-state index in [1.54, 1.807) is 6.20 Å². The molecule has 0 fully saturated rings. The second-order valence-corrected chi connectivity index (χ2v) is 5.00. The Morgan fingerprint density at radius 1 is 1.25 bits per heavy atom. The number of aromatic nitrogens is 2. The van der Waals surface area contributed by atoms with E-state index in [0.29, 0.717) is 16.8 Å². The van der Waals surface area contributed by atoms with Gasteiger partial charge in [0.15, 0.2) is 5.82 Å². The molecule has 0 spiro atoms. The summed E-state index contributed by atoms with van der Waals surface area (Å²) in [6, 6.07) is 10.3. The van der Waals surface area contributed by atoms with Crippen molar-refractivity contribution in [1.29, 1.82) is 0 Å². The summed E-state index contributed by atoms with van der Waals surface area (Å²) in [4.78, 5) is 8.57. The molecule has 0 aliphatic rings. The number of nitrogens with one attached hydrogen (secondary N) is 2. The molecule has 5 heteroatoms. The highest BCUT2D eigenvalue weighted by atomic mass is 35.5. The van der Waals surface area contributed by atoms with Gasteiger partial charge in [-0.25, -0.2) is 4.98 Å². The number of hydrogen-bond donors (Lipinski definition) is 2. The van der Waals surface area contributed by atoms with E-state index in [1.807, 2.05) is 18.2 Å². The van der Waals surface area contributed by atoms with Crippen molar-refractivity contribution in [3.63, 3.8) is 0 Å². The van der Waals surface area contributed by atoms with Crippen molar-refractivity contribution in [3.8, 4) is 0 Å². The van der Waals surface area contributed by atoms with Gasteiger partial charge in [-0.2, -0.15) is 4.98 Å². The first-order chi connectivity index (χ1) is 9.70. The number of anilines is 2. The molecule has 0 saturated carbocycles. The van der Waals surface area contributed by atoms with Gasteiger partial charge in [0.2, 0.25) is 5.95 Å². The Morgan fingerprint density at radius 2 is 2.00 bits per heavy atom. The predicted octanol–water partition coefficient (Wildman–Crippen LogP) is 4.13. The fourth-order valence-corrected chi connectivity index (χ4v) is 1.97. The summed E-state index contributed by atoms with van der Waals surface area (Å²) in [6.07, 6.45) is 2.64. The van der Waals surface area contributed by atoms with Crippen LogP contribution in [0.25, 0.3) is 0 Å². The lowest BCUT2D eigenvalue weighted by Gasteiger charge is -2.16. The zero-order chi connectivity index (χ0) is 14.4. The van der Waals surface area contributed by atoms with Gasteiger partial charge in [-0.1, -0.05) is 48.9 Å². The first-order valence-electron chi connectivity index (χ1n) is 6.78. The average Bonchev–Trinajstić information content (AvgIpc) is 2.49. The van der Waals surface area contributed by atoms with Crippen LogP contribution in [0.5, 0.6) is 0 Å². The van der Waals surface area contributed by atoms with Crippen LogP contribution in [-0.2, 0) is 0 Å². The second kappa shape index (κ2) is 7.10. The quantitative estimate of drug-likeness (QED) is 0.840. The number of benzene rings is 1. The van der Waals surface area contributed by atoms with Gasteiger partial charge in [0.05, 0.1) is 6.20 Å². The highest BCUT2D eigenvalue weighted by molar-refractivity contribution is 6.32. The van der Waals surface area contributed by atoms with Crippen LogP contribution < -0.4 is 10.6 Å². The van der Waals surface area contributed by atoms with Gasteiger partial charge in [0.1, 0.15) is 5.02 Å². The fourth-order valence-electron chi connectivity index (χ4n) is 1.82. The molecule has 20 heavy (non-hydrogen) atoms. The molecule has 1 unspecified atom stereocenters. The average molecular weight is 291 g/mol. The van der Waals surface area contributed by atoms with Gasteiger partial charge in [0.25, 0.3) is 0 Å². The van der Waals surface area contributed by atoms with Crippen molar-refractivity contribution in [3.05, 3.63) is 47.1 Å². The van der Waals surface area contributed by atoms with Crippen molar-refractivity contribution in [2.45, 2.75) is 26.3 Å². The maximum Gasteiger partial charge on any atom is 0.224 e. The van der Waals surface area contributed by atoms with Crippen molar-refractivity contribution in [2.75, 3.05) is 17.2 Å². The Labute approximate surface area is 124 Å². The van der Waals surface area contributed by atoms with Gasteiger partial charge in [-0.15, -0.1) is 0 Å². The largest absolute Gasteiger partial charge is 0.362 e. The molecule has 106 valence electrons. The van der Waals surface area contributed by atoms with Gasteiger partial charge in [0, 0.05) is 12.6 Å². The van der Waals surface area contributed by atoms with Crippen LogP contribution >= 0.6 is 11.6 Å². The first-order valence-corrected chi connectivity index (χ1v) is 7.16. The summed E-state index contributed by atoms with van der Waals surface area (Å²) in [5, 5.41) is 7.00. The second-order valence-electron chi connectivity index (χ2n) is 4.59. The molecule has 2 aromatic rings. The molecule has 0 bridgehead atoms. The molecule has 0 amide bonds. The Hall–Kier alpha value is -1.81. The Kier molecular flexibility index (Phi) is 5.18. The third-order valence-corrected chi connectivity index (χ3v) is 3.21. The van der Waals surface area contributed by atoms with Crippen LogP contribution in [-0.4, -0.2) is 16.5 Å². The molecule has 4 nitrogen and oxygen atoms in total. The lowest BCUT2D eigenvalue weighted by atomic mass is 10.1. The molecule has 1 aromatic heterocycles. The third-order valence-electron chi connectivity index (χ3n) is 2.93. The lowest BCUT2D eigenvalue weighted by Crippen LogP contribution is -2.11. The van der Waals surface area contributed by atoms with E-state index in [2.05, 4.69) is 46.6 Å². The lowest BCUT2D eigenvalue weighted by molar-refractivity contribution is 0.870. The van der Waals surface area contributed by atoms with Crippen molar-refractivity contribution in [2.24, 2.45) is 0 Å². The Balaban J connectivity index is 2.11. The Morgan fingerprint density at radius 3 is 2.70 bits per heavy atom. The number of nitrogens with zero attached hydrogens (tertiary/aromatic N) is 2. The standard InChI is InChI=1S/C15H19ClN4/c1-3-9-17-15-18-10-13(16)14(20-15)19-11(2)12-7-5-4-6-8-12/h4-8,10-11H,3,9H2,1-2H3,(H2,17,18,19,20). The minimum absolute atomic E-state index is 0.127. The highest BCUT2D eigenvalue weighted by Crippen LogP contribution is 2.24. The van der Waals surface area contributed by atoms with E-state index < -0.39 is 0 Å². The van der Waals surface area contributed by atoms with Crippen LogP contribution in [0.4, 0.5) is 11.8 Å². The smallest absolute Gasteiger partial charge is 0.224 e. The van der Waals surface area contributed by atoms with Crippen molar-refractivity contribution in [1.82, 2.24) is 9.97 Å². The maximum atomic E-state index is 6.15. The Bertz CT molecular complexity index is 545. The monoisotopic (exact) mass is 290 g/mol. The van der Waals surface area contributed by atoms with Crippen LogP contribution in [0, 0.1) is 0 Å². The van der Waals surface area contributed by atoms with Crippen LogP contribution in [0.2, 0.25) is 5.02 Å². The molecule has 0 saturated heterocycles. The van der Waals surface area contributed by atoms with Gasteiger partial charge in [-0.3, -0.25) is 0 Å². The van der Waals surface area contributed by atoms with Gasteiger partial charge < -0.3 is 10.6 Å². The number of rotatable bonds is 6. The van der Waals surface area contributed by atoms with Crippen LogP contribution in [0.3, 0.4) is 0 Å². The SMILES string of the molecule is CCCNc1ncc(Cl)c(NC(C)c2ccccc2)n1. The minimum Gasteiger partial charge on any atom is -0.362 e. The summed E-state index contributed by atoms with van der Waals surface area (Å²) in [5.74, 6) is 1.25. The predicted molar refractivity (Wildman–Crippen MR) is 84.3 cm³/mol. The molecule has 1 aromatic carbocycles. The fraction of sp³-hybridized carbons (Fsp3) is 0.333. The van der Waals surface area contributed by atoms with Gasteiger partial charge in [-0.05, 0) is 18.9 Å². The van der Waals surface area contributed by atoms with Gasteiger partial charge >= 0.3 is 0 Å². The van der Waals surface area contributed by atoms with E-state index in [4.69, 9.17) is 11.6 Å². The van der Waals surface area contributed by atoms with E-state index in [1.165, 1.54) is 5.56 Å². The zero-order valence-electron chi connectivity index (χ0n) is 11.7. The number of halogens is 1. The van der Waals surface area contributed by atoms with E-state index in [-0.39, 0.29) is 6.04 Å². The van der Waals surface area contributed by atoms with Crippen molar-refractivity contribution >= 4 is 23.4 Å². The van der Waals surface area contributed by atoms with Crippen LogP contribution in [0.15, 0.2) is 36.5 Å². The highest BCUT2D eigenvalue weighted by Gasteiger charge is 2.10. The molecule has 0 radical (unpaired) electrons. The molecular weight excluding hydrogens is 272 g/mol. The van der Waals surface area contributed by atoms with E-state index >= 15 is 0 Å². The topological polar surface area (TPSA) is 49.8 Å². The molecule has 0 aliphatic heterocycles. The van der Waals surface area contributed by atoms with Crippen molar-refractivity contribution < 1.29 is 0 Å². The molecule has 1 heterocycles. The minimum atomic E-state index is 0.127. The number of hydrogen-bond acceptors (Lipinski definition) is 4. The zero-order valence-corrected chi connectivity index (χ0v) is 12.5. The summed E-state index contributed by atoms with van der Waals surface area (Å²) < 4.78 is 0. The molecular formula is C15H19ClN4. The summed E-state index contributed by atoms with van der Waals surface area (Å²) in [7, 11) is 0. The summed E-state index contributed by atoms with van der Waals surface area (Å²) >= 11 is 6.15. The third kappa shape index (κ3) is 3.84. The molecule has 2 N–H and O–H groups in total. The van der Waals surface area contributed by atoms with Crippen LogP contribution in [0.1, 0.15) is 31.9 Å². The molecule has 0 aliphatic carbocycles. The molecule has 1 atom stereocenters. The normalized spacial score (nSPS) is 11.9. The summed E-state index contributed by atoms with van der Waals surface area (Å²) in [6.45, 7) is 5.02. The first kappa shape index (κ1) is 14.6. The van der Waals surface area contributed by atoms with E-state index in [0.717, 1.165) is 13.0 Å². The van der Waals surface area contributed by atoms with E-state index in [9.17, 15) is 0 Å².